The van der Waals surface area contributed by atoms with Gasteiger partial charge in [0.2, 0.25) is 21.8 Å². The number of hydrogen-bond donors (Lipinski definition) is 1. The van der Waals surface area contributed by atoms with Gasteiger partial charge in [-0.3, -0.25) is 13.9 Å². The van der Waals surface area contributed by atoms with E-state index < -0.39 is 51.9 Å². The normalized spacial score (nSPS) is 13.2. The van der Waals surface area contributed by atoms with Crippen LogP contribution in [0.4, 0.5) is 18.9 Å². The van der Waals surface area contributed by atoms with Gasteiger partial charge < -0.3 is 10.2 Å². The zero-order valence-electron chi connectivity index (χ0n) is 24.0. The summed E-state index contributed by atoms with van der Waals surface area (Å²) >= 11 is 18.5. The van der Waals surface area contributed by atoms with E-state index >= 15 is 0 Å². The van der Waals surface area contributed by atoms with Crippen molar-refractivity contribution in [2.75, 3.05) is 17.1 Å². The van der Waals surface area contributed by atoms with Crippen LogP contribution in [0.1, 0.15) is 37.0 Å². The summed E-state index contributed by atoms with van der Waals surface area (Å²) in [4.78, 5) is 29.0. The fourth-order valence-corrected chi connectivity index (χ4v) is 5.75. The molecule has 14 heteroatoms. The van der Waals surface area contributed by atoms with Crippen molar-refractivity contribution < 1.29 is 31.2 Å². The molecule has 0 radical (unpaired) electrons. The van der Waals surface area contributed by atoms with E-state index in [1.165, 1.54) is 17.0 Å². The summed E-state index contributed by atoms with van der Waals surface area (Å²) in [7, 11) is -4.35. The number of benzene rings is 3. The third-order valence-corrected chi connectivity index (χ3v) is 9.02. The molecule has 2 amide bonds. The number of rotatable bonds is 12. The number of anilines is 1. The fraction of sp³-hybridized carbons (Fsp3) is 0.333. The Bertz CT molecular complexity index is 1590. The van der Waals surface area contributed by atoms with Gasteiger partial charge in [-0.1, -0.05) is 78.1 Å². The van der Waals surface area contributed by atoms with Crippen LogP contribution in [0, 0.1) is 0 Å². The van der Waals surface area contributed by atoms with E-state index in [-0.39, 0.29) is 34.1 Å². The van der Waals surface area contributed by atoms with Crippen molar-refractivity contribution in [1.82, 2.24) is 10.2 Å². The highest BCUT2D eigenvalue weighted by atomic mass is 35.5. The lowest BCUT2D eigenvalue weighted by atomic mass is 10.0. The summed E-state index contributed by atoms with van der Waals surface area (Å²) in [6, 6.07) is 14.3. The van der Waals surface area contributed by atoms with E-state index in [0.717, 1.165) is 12.3 Å². The standard InChI is InChI=1S/C30H31Cl3F3N3O4S/c1-4-19(2)37-29(41)27(15-20-8-6-5-7-9-20)38(17-21-10-12-23(31)25(33)14-21)28(40)18-39(44(3,42)43)26-16-22(30(34,35)36)11-13-24(26)32/h5-14,16,19,27H,4,15,17-18H2,1-3H3,(H,37,41)/t19-,27-/m1/s1. The molecule has 3 rings (SSSR count). The Kier molecular flexibility index (Phi) is 12.0. The number of halogens is 6. The van der Waals surface area contributed by atoms with E-state index in [4.69, 9.17) is 34.8 Å². The van der Waals surface area contributed by atoms with E-state index in [0.29, 0.717) is 34.0 Å². The molecule has 7 nitrogen and oxygen atoms in total. The van der Waals surface area contributed by atoms with Crippen LogP contribution < -0.4 is 9.62 Å². The van der Waals surface area contributed by atoms with Gasteiger partial charge in [0, 0.05) is 19.0 Å². The Morgan fingerprint density at radius 3 is 2.11 bits per heavy atom. The predicted octanol–water partition coefficient (Wildman–Crippen LogP) is 6.99. The largest absolute Gasteiger partial charge is 0.416 e. The summed E-state index contributed by atoms with van der Waals surface area (Å²) in [5.74, 6) is -1.37. The van der Waals surface area contributed by atoms with Crippen molar-refractivity contribution in [3.05, 3.63) is 98.5 Å². The second-order valence-electron chi connectivity index (χ2n) is 10.2. The summed E-state index contributed by atoms with van der Waals surface area (Å²) < 4.78 is 67.0. The first-order valence-corrected chi connectivity index (χ1v) is 16.4. The van der Waals surface area contributed by atoms with E-state index in [9.17, 15) is 31.2 Å². The van der Waals surface area contributed by atoms with Crippen molar-refractivity contribution in [2.45, 2.75) is 51.5 Å². The van der Waals surface area contributed by atoms with Crippen LogP contribution in [0.5, 0.6) is 0 Å². The molecular formula is C30H31Cl3F3N3O4S. The van der Waals surface area contributed by atoms with Gasteiger partial charge in [-0.05, 0) is 54.8 Å². The third kappa shape index (κ3) is 9.50. The maximum Gasteiger partial charge on any atom is 0.416 e. The minimum Gasteiger partial charge on any atom is -0.352 e. The zero-order chi connectivity index (χ0) is 32.8. The topological polar surface area (TPSA) is 86.8 Å². The Labute approximate surface area is 269 Å². The quantitative estimate of drug-likeness (QED) is 0.222. The van der Waals surface area contributed by atoms with Crippen molar-refractivity contribution in [1.29, 1.82) is 0 Å². The Morgan fingerprint density at radius 1 is 0.909 bits per heavy atom. The van der Waals surface area contributed by atoms with Gasteiger partial charge in [-0.15, -0.1) is 0 Å². The summed E-state index contributed by atoms with van der Waals surface area (Å²) in [5.41, 5.74) is -0.495. The number of carbonyl (C=O) groups is 2. The molecule has 0 saturated heterocycles. The molecule has 0 fully saturated rings. The SMILES string of the molecule is CC[C@@H](C)NC(=O)[C@@H](Cc1ccccc1)N(Cc1ccc(Cl)c(Cl)c1)C(=O)CN(c1cc(C(F)(F)F)ccc1Cl)S(C)(=O)=O. The third-order valence-electron chi connectivity index (χ3n) is 6.83. The number of hydrogen-bond acceptors (Lipinski definition) is 4. The molecule has 0 aromatic heterocycles. The number of amides is 2. The maximum atomic E-state index is 14.1. The predicted molar refractivity (Wildman–Crippen MR) is 167 cm³/mol. The molecule has 238 valence electrons. The Hall–Kier alpha value is -2.99. The van der Waals surface area contributed by atoms with E-state index in [1.807, 2.05) is 6.92 Å². The van der Waals surface area contributed by atoms with Crippen molar-refractivity contribution >= 4 is 62.3 Å². The van der Waals surface area contributed by atoms with Crippen LogP contribution in [-0.4, -0.2) is 50.0 Å². The van der Waals surface area contributed by atoms with Gasteiger partial charge in [0.1, 0.15) is 12.6 Å². The molecule has 2 atom stereocenters. The van der Waals surface area contributed by atoms with Gasteiger partial charge in [0.25, 0.3) is 0 Å². The molecule has 1 N–H and O–H groups in total. The molecule has 0 aliphatic heterocycles. The van der Waals surface area contributed by atoms with Crippen molar-refractivity contribution in [2.24, 2.45) is 0 Å². The highest BCUT2D eigenvalue weighted by molar-refractivity contribution is 7.92. The van der Waals surface area contributed by atoms with Crippen molar-refractivity contribution in [3.8, 4) is 0 Å². The van der Waals surface area contributed by atoms with Crippen molar-refractivity contribution in [3.63, 3.8) is 0 Å². The van der Waals surface area contributed by atoms with E-state index in [1.54, 1.807) is 43.3 Å². The summed E-state index contributed by atoms with van der Waals surface area (Å²) in [6.07, 6.45) is -3.40. The number of alkyl halides is 3. The Morgan fingerprint density at radius 2 is 1.55 bits per heavy atom. The minimum atomic E-state index is -4.80. The van der Waals surface area contributed by atoms with Crippen LogP contribution in [-0.2, 0) is 38.8 Å². The minimum absolute atomic E-state index is 0.0549. The number of carbonyl (C=O) groups excluding carboxylic acids is 2. The molecule has 0 spiro atoms. The molecular weight excluding hydrogens is 662 g/mol. The molecule has 0 aliphatic rings. The van der Waals surface area contributed by atoms with Crippen LogP contribution >= 0.6 is 34.8 Å². The Balaban J connectivity index is 2.14. The molecule has 3 aromatic rings. The maximum absolute atomic E-state index is 14.1. The molecule has 44 heavy (non-hydrogen) atoms. The molecule has 3 aromatic carbocycles. The van der Waals surface area contributed by atoms with Gasteiger partial charge in [0.05, 0.1) is 32.6 Å². The van der Waals surface area contributed by atoms with Gasteiger partial charge in [0.15, 0.2) is 0 Å². The van der Waals surface area contributed by atoms with Gasteiger partial charge in [-0.2, -0.15) is 13.2 Å². The second kappa shape index (κ2) is 14.9. The molecule has 0 unspecified atom stereocenters. The lowest BCUT2D eigenvalue weighted by molar-refractivity contribution is -0.140. The lowest BCUT2D eigenvalue weighted by Crippen LogP contribution is -2.54. The molecule has 0 aliphatic carbocycles. The first-order valence-electron chi connectivity index (χ1n) is 13.4. The fourth-order valence-electron chi connectivity index (χ4n) is 4.30. The van der Waals surface area contributed by atoms with Gasteiger partial charge in [-0.25, -0.2) is 8.42 Å². The number of nitrogens with zero attached hydrogens (tertiary/aromatic N) is 2. The molecule has 0 saturated carbocycles. The first-order chi connectivity index (χ1) is 20.5. The smallest absolute Gasteiger partial charge is 0.352 e. The zero-order valence-corrected chi connectivity index (χ0v) is 27.1. The van der Waals surface area contributed by atoms with Crippen LogP contribution in [0.3, 0.4) is 0 Å². The van der Waals surface area contributed by atoms with E-state index in [2.05, 4.69) is 5.32 Å². The summed E-state index contributed by atoms with van der Waals surface area (Å²) in [5, 5.41) is 3.01. The molecule has 0 heterocycles. The van der Waals surface area contributed by atoms with Crippen LogP contribution in [0.25, 0.3) is 0 Å². The number of nitrogens with one attached hydrogen (secondary N) is 1. The highest BCUT2D eigenvalue weighted by Crippen LogP contribution is 2.36. The monoisotopic (exact) mass is 691 g/mol. The highest BCUT2D eigenvalue weighted by Gasteiger charge is 2.36. The van der Waals surface area contributed by atoms with Gasteiger partial charge >= 0.3 is 6.18 Å². The lowest BCUT2D eigenvalue weighted by Gasteiger charge is -2.34. The average molecular weight is 693 g/mol. The summed E-state index contributed by atoms with van der Waals surface area (Å²) in [6.45, 7) is 2.53. The van der Waals surface area contributed by atoms with Crippen LogP contribution in [0.15, 0.2) is 66.7 Å². The first kappa shape index (κ1) is 35.5. The molecule has 0 bridgehead atoms. The second-order valence-corrected chi connectivity index (χ2v) is 13.4. The van der Waals surface area contributed by atoms with Crippen LogP contribution in [0.2, 0.25) is 15.1 Å². The average Bonchev–Trinajstić information content (AvgIpc) is 2.95. The number of sulfonamides is 1.